The van der Waals surface area contributed by atoms with Crippen LogP contribution in [-0.4, -0.2) is 57.4 Å². The lowest BCUT2D eigenvalue weighted by Crippen LogP contribution is -2.52. The number of aromatic nitrogens is 1. The zero-order chi connectivity index (χ0) is 15.4. The van der Waals surface area contributed by atoms with Crippen molar-refractivity contribution in [2.75, 3.05) is 6.54 Å². The summed E-state index contributed by atoms with van der Waals surface area (Å²) in [5.74, 6) is -1.27. The predicted octanol–water partition coefficient (Wildman–Crippen LogP) is -0.797. The molecule has 0 aromatic carbocycles. The summed E-state index contributed by atoms with van der Waals surface area (Å²) < 4.78 is 0. The second-order valence-electron chi connectivity index (χ2n) is 5.09. The monoisotopic (exact) mass is 291 g/mol. The molecule has 1 aromatic heterocycles. The molecular weight excluding hydrogens is 273 g/mol. The highest BCUT2D eigenvalue weighted by atomic mass is 16.4. The van der Waals surface area contributed by atoms with Crippen molar-refractivity contribution in [1.82, 2.24) is 15.2 Å². The summed E-state index contributed by atoms with van der Waals surface area (Å²) >= 11 is 0. The molecule has 2 rings (SSSR count). The molecule has 1 aliphatic heterocycles. The van der Waals surface area contributed by atoms with Gasteiger partial charge in [0.15, 0.2) is 0 Å². The molecule has 2 amide bonds. The van der Waals surface area contributed by atoms with Crippen molar-refractivity contribution in [3.05, 3.63) is 30.1 Å². The fraction of sp³-hybridized carbons (Fsp3) is 0.462. The Labute approximate surface area is 123 Å². The summed E-state index contributed by atoms with van der Waals surface area (Å²) in [6.45, 7) is 2.05. The molecule has 0 bridgehead atoms. The van der Waals surface area contributed by atoms with E-state index in [2.05, 4.69) is 10.3 Å². The first-order valence-electron chi connectivity index (χ1n) is 6.88. The second-order valence-corrected chi connectivity index (χ2v) is 5.09. The van der Waals surface area contributed by atoms with E-state index in [9.17, 15) is 19.6 Å². The lowest BCUT2D eigenvalue weighted by molar-refractivity contribution is -0.132. The quantitative estimate of drug-likeness (QED) is 0.630. The summed E-state index contributed by atoms with van der Waals surface area (Å²) in [4.78, 5) is 29.5. The van der Waals surface area contributed by atoms with Crippen LogP contribution in [0.3, 0.4) is 0 Å². The van der Waals surface area contributed by atoms with Crippen LogP contribution in [-0.2, 0) is 4.79 Å². The van der Waals surface area contributed by atoms with Crippen LogP contribution in [0.25, 0.3) is 0 Å². The SMILES string of the molecule is CC(NC(=O)c1ccncc1)C(=O)N1CCCC1B(O)O. The molecule has 1 saturated heterocycles. The van der Waals surface area contributed by atoms with Crippen LogP contribution in [0, 0.1) is 0 Å². The molecular formula is C13H18BN3O4. The lowest BCUT2D eigenvalue weighted by Gasteiger charge is -2.27. The van der Waals surface area contributed by atoms with Crippen molar-refractivity contribution in [3.63, 3.8) is 0 Å². The minimum absolute atomic E-state index is 0.312. The number of hydrogen-bond acceptors (Lipinski definition) is 5. The topological polar surface area (TPSA) is 103 Å². The smallest absolute Gasteiger partial charge is 0.426 e. The second kappa shape index (κ2) is 6.69. The van der Waals surface area contributed by atoms with Gasteiger partial charge < -0.3 is 20.3 Å². The number of hydrogen-bond donors (Lipinski definition) is 3. The van der Waals surface area contributed by atoms with Gasteiger partial charge >= 0.3 is 7.12 Å². The number of nitrogens with one attached hydrogen (secondary N) is 1. The van der Waals surface area contributed by atoms with E-state index in [1.807, 2.05) is 0 Å². The fourth-order valence-corrected chi connectivity index (χ4v) is 2.47. The Morgan fingerprint density at radius 2 is 2.10 bits per heavy atom. The first-order chi connectivity index (χ1) is 10.0. The molecule has 0 aliphatic carbocycles. The highest BCUT2D eigenvalue weighted by Gasteiger charge is 2.38. The third kappa shape index (κ3) is 3.59. The molecule has 7 nitrogen and oxygen atoms in total. The Kier molecular flexibility index (Phi) is 4.92. The predicted molar refractivity (Wildman–Crippen MR) is 76.1 cm³/mol. The number of likely N-dealkylation sites (tertiary alicyclic amines) is 1. The fourth-order valence-electron chi connectivity index (χ4n) is 2.47. The third-order valence-electron chi connectivity index (χ3n) is 3.59. The van der Waals surface area contributed by atoms with Crippen LogP contribution < -0.4 is 5.32 Å². The molecule has 0 spiro atoms. The van der Waals surface area contributed by atoms with Crippen LogP contribution in [0.15, 0.2) is 24.5 Å². The number of amides is 2. The molecule has 8 heteroatoms. The van der Waals surface area contributed by atoms with Gasteiger partial charge in [-0.1, -0.05) is 0 Å². The average molecular weight is 291 g/mol. The first kappa shape index (κ1) is 15.5. The van der Waals surface area contributed by atoms with Gasteiger partial charge in [0.2, 0.25) is 5.91 Å². The van der Waals surface area contributed by atoms with Crippen molar-refractivity contribution in [2.24, 2.45) is 0 Å². The summed E-state index contributed by atoms with van der Waals surface area (Å²) in [6.07, 6.45) is 4.27. The molecule has 0 saturated carbocycles. The molecule has 0 radical (unpaired) electrons. The largest absolute Gasteiger partial charge is 0.475 e. The Balaban J connectivity index is 1.98. The third-order valence-corrected chi connectivity index (χ3v) is 3.59. The number of carbonyl (C=O) groups is 2. The van der Waals surface area contributed by atoms with E-state index < -0.39 is 19.1 Å². The molecule has 1 aromatic rings. The standard InChI is InChI=1S/C13H18BN3O4/c1-9(16-12(18)10-4-6-15-7-5-10)13(19)17-8-2-3-11(17)14(20)21/h4-7,9,11,20-21H,2-3,8H2,1H3,(H,16,18). The maximum atomic E-state index is 12.3. The maximum absolute atomic E-state index is 12.3. The van der Waals surface area contributed by atoms with Crippen molar-refractivity contribution in [1.29, 1.82) is 0 Å². The molecule has 1 fully saturated rings. The van der Waals surface area contributed by atoms with Gasteiger partial charge in [-0.25, -0.2) is 0 Å². The van der Waals surface area contributed by atoms with Crippen molar-refractivity contribution >= 4 is 18.9 Å². The Hall–Kier alpha value is -1.93. The summed E-state index contributed by atoms with van der Waals surface area (Å²) in [5.41, 5.74) is 0.421. The summed E-state index contributed by atoms with van der Waals surface area (Å²) in [7, 11) is -1.56. The number of carbonyl (C=O) groups excluding carboxylic acids is 2. The van der Waals surface area contributed by atoms with Crippen molar-refractivity contribution in [3.8, 4) is 0 Å². The van der Waals surface area contributed by atoms with Crippen LogP contribution in [0.4, 0.5) is 0 Å². The molecule has 1 aliphatic rings. The Bertz CT molecular complexity index is 511. The molecule has 2 unspecified atom stereocenters. The van der Waals surface area contributed by atoms with Gasteiger partial charge in [-0.3, -0.25) is 14.6 Å². The summed E-state index contributed by atoms with van der Waals surface area (Å²) in [5, 5.41) is 21.2. The first-order valence-corrected chi connectivity index (χ1v) is 6.88. The van der Waals surface area contributed by atoms with Gasteiger partial charge in [0.1, 0.15) is 6.04 Å². The van der Waals surface area contributed by atoms with Crippen molar-refractivity contribution < 1.29 is 19.6 Å². The normalized spacial score (nSPS) is 19.2. The molecule has 3 N–H and O–H groups in total. The van der Waals surface area contributed by atoms with Crippen molar-refractivity contribution in [2.45, 2.75) is 31.7 Å². The highest BCUT2D eigenvalue weighted by Crippen LogP contribution is 2.19. The minimum atomic E-state index is -1.56. The van der Waals surface area contributed by atoms with Gasteiger partial charge in [-0.2, -0.15) is 0 Å². The average Bonchev–Trinajstić information content (AvgIpc) is 2.96. The Morgan fingerprint density at radius 3 is 2.71 bits per heavy atom. The molecule has 2 atom stereocenters. The van der Waals surface area contributed by atoms with Gasteiger partial charge in [0.05, 0.1) is 5.94 Å². The van der Waals surface area contributed by atoms with E-state index in [4.69, 9.17) is 0 Å². The van der Waals surface area contributed by atoms with E-state index >= 15 is 0 Å². The van der Waals surface area contributed by atoms with Crippen LogP contribution in [0.5, 0.6) is 0 Å². The Morgan fingerprint density at radius 1 is 1.43 bits per heavy atom. The zero-order valence-corrected chi connectivity index (χ0v) is 11.8. The van der Waals surface area contributed by atoms with Gasteiger partial charge in [0, 0.05) is 24.5 Å². The lowest BCUT2D eigenvalue weighted by atomic mass is 9.78. The van der Waals surface area contributed by atoms with E-state index in [1.165, 1.54) is 17.3 Å². The van der Waals surface area contributed by atoms with Crippen LogP contribution in [0.1, 0.15) is 30.1 Å². The number of nitrogens with zero attached hydrogens (tertiary/aromatic N) is 2. The molecule has 21 heavy (non-hydrogen) atoms. The minimum Gasteiger partial charge on any atom is -0.426 e. The highest BCUT2D eigenvalue weighted by molar-refractivity contribution is 6.43. The number of pyridine rings is 1. The number of rotatable bonds is 4. The van der Waals surface area contributed by atoms with Crippen LogP contribution in [0.2, 0.25) is 0 Å². The van der Waals surface area contributed by atoms with Gasteiger partial charge in [-0.15, -0.1) is 0 Å². The summed E-state index contributed by atoms with van der Waals surface area (Å²) in [6, 6.07) is 2.38. The van der Waals surface area contributed by atoms with E-state index in [0.29, 0.717) is 18.5 Å². The zero-order valence-electron chi connectivity index (χ0n) is 11.8. The maximum Gasteiger partial charge on any atom is 0.475 e. The van der Waals surface area contributed by atoms with Crippen LogP contribution >= 0.6 is 0 Å². The van der Waals surface area contributed by atoms with E-state index in [0.717, 1.165) is 6.42 Å². The van der Waals surface area contributed by atoms with E-state index in [-0.39, 0.29) is 11.8 Å². The molecule has 112 valence electrons. The molecule has 2 heterocycles. The van der Waals surface area contributed by atoms with Gasteiger partial charge in [-0.05, 0) is 31.9 Å². The van der Waals surface area contributed by atoms with Gasteiger partial charge in [0.25, 0.3) is 5.91 Å². The van der Waals surface area contributed by atoms with E-state index in [1.54, 1.807) is 19.1 Å².